The Morgan fingerprint density at radius 1 is 1.22 bits per heavy atom. The number of nitrogens with zero attached hydrogens (tertiary/aromatic N) is 2. The number of hydrogen-bond donors (Lipinski definition) is 2. The summed E-state index contributed by atoms with van der Waals surface area (Å²) < 4.78 is 34.1. The summed E-state index contributed by atoms with van der Waals surface area (Å²) in [5.74, 6) is 0.0568. The van der Waals surface area contributed by atoms with Crippen molar-refractivity contribution in [3.05, 3.63) is 54.1 Å². The molecule has 1 aliphatic carbocycles. The van der Waals surface area contributed by atoms with E-state index in [4.69, 9.17) is 4.74 Å². The summed E-state index contributed by atoms with van der Waals surface area (Å²) >= 11 is 0. The van der Waals surface area contributed by atoms with Crippen molar-refractivity contribution in [3.8, 4) is 5.75 Å². The van der Waals surface area contributed by atoms with Crippen molar-refractivity contribution in [1.29, 1.82) is 0 Å². The van der Waals surface area contributed by atoms with Crippen LogP contribution in [0, 0.1) is 11.8 Å². The predicted molar refractivity (Wildman–Crippen MR) is 140 cm³/mol. The number of nitrogens with one attached hydrogen (secondary N) is 1. The molecule has 0 bridgehead atoms. The number of likely N-dealkylation sites (N-methyl/N-ethyl adjacent to an activating group) is 1. The third kappa shape index (κ3) is 6.31. The Labute approximate surface area is 218 Å². The van der Waals surface area contributed by atoms with Crippen molar-refractivity contribution in [2.24, 2.45) is 11.8 Å². The maximum atomic E-state index is 13.3. The first-order valence-corrected chi connectivity index (χ1v) is 14.1. The van der Waals surface area contributed by atoms with Gasteiger partial charge in [0, 0.05) is 36.7 Å². The minimum atomic E-state index is -3.75. The van der Waals surface area contributed by atoms with Crippen molar-refractivity contribution in [1.82, 2.24) is 9.21 Å². The van der Waals surface area contributed by atoms with Crippen molar-refractivity contribution in [2.75, 3.05) is 32.1 Å². The van der Waals surface area contributed by atoms with E-state index in [1.807, 2.05) is 6.92 Å². The Morgan fingerprint density at radius 3 is 2.57 bits per heavy atom. The monoisotopic (exact) mass is 529 g/mol. The molecule has 0 unspecified atom stereocenters. The Hall–Kier alpha value is -2.95. The zero-order valence-electron chi connectivity index (χ0n) is 21.5. The number of anilines is 1. The van der Waals surface area contributed by atoms with Crippen LogP contribution in [0.3, 0.4) is 0 Å². The molecule has 2 amide bonds. The molecule has 0 spiro atoms. The van der Waals surface area contributed by atoms with Gasteiger partial charge in [-0.15, -0.1) is 0 Å². The van der Waals surface area contributed by atoms with Gasteiger partial charge in [-0.3, -0.25) is 9.59 Å². The number of aliphatic hydroxyl groups is 1. The van der Waals surface area contributed by atoms with Crippen LogP contribution >= 0.6 is 0 Å². The number of ether oxygens (including phenoxy) is 1. The second-order valence-corrected chi connectivity index (χ2v) is 12.1. The third-order valence-corrected chi connectivity index (χ3v) is 8.86. The summed E-state index contributed by atoms with van der Waals surface area (Å²) in [7, 11) is -2.24. The molecule has 2 aliphatic rings. The molecule has 2 N–H and O–H groups in total. The number of rotatable bonds is 8. The summed E-state index contributed by atoms with van der Waals surface area (Å²) in [6.45, 7) is 3.85. The van der Waals surface area contributed by atoms with E-state index < -0.39 is 22.2 Å². The second-order valence-electron chi connectivity index (χ2n) is 10.1. The lowest BCUT2D eigenvalue weighted by Crippen LogP contribution is -2.48. The van der Waals surface area contributed by atoms with Crippen LogP contribution in [0.25, 0.3) is 0 Å². The van der Waals surface area contributed by atoms with Crippen molar-refractivity contribution < 1.29 is 27.9 Å². The fraction of sp³-hybridized carbons (Fsp3) is 0.481. The molecule has 9 nitrogen and oxygen atoms in total. The average Bonchev–Trinajstić information content (AvgIpc) is 3.73. The van der Waals surface area contributed by atoms with E-state index in [0.717, 1.165) is 12.8 Å². The molecule has 3 atom stereocenters. The second kappa shape index (κ2) is 11.2. The summed E-state index contributed by atoms with van der Waals surface area (Å²) in [6, 6.07) is 13.0. The number of benzene rings is 2. The fourth-order valence-electron chi connectivity index (χ4n) is 4.44. The Kier molecular flexibility index (Phi) is 8.20. The first-order chi connectivity index (χ1) is 17.6. The number of carbonyl (C=O) groups excluding carboxylic acids is 2. The Morgan fingerprint density at radius 2 is 1.92 bits per heavy atom. The molecular formula is C27H35N3O6S. The lowest BCUT2D eigenvalue weighted by atomic mass is 10.0. The largest absolute Gasteiger partial charge is 0.488 e. The quantitative estimate of drug-likeness (QED) is 0.543. The molecule has 1 aliphatic heterocycles. The van der Waals surface area contributed by atoms with Gasteiger partial charge < -0.3 is 20.1 Å². The SMILES string of the molecule is C[C@H]1CN([C@@H](C)CO)C(=O)Cc2cc(NC(=O)C3CC3)ccc2O[C@H]1CN(C)S(=O)(=O)c1ccccc1. The van der Waals surface area contributed by atoms with Crippen molar-refractivity contribution in [2.45, 2.75) is 50.2 Å². The van der Waals surface area contributed by atoms with Gasteiger partial charge in [0.1, 0.15) is 11.9 Å². The highest BCUT2D eigenvalue weighted by atomic mass is 32.2. The first kappa shape index (κ1) is 27.1. The molecule has 0 aromatic heterocycles. The van der Waals surface area contributed by atoms with E-state index in [2.05, 4.69) is 5.32 Å². The predicted octanol–water partition coefficient (Wildman–Crippen LogP) is 2.50. The van der Waals surface area contributed by atoms with Crippen LogP contribution < -0.4 is 10.1 Å². The maximum Gasteiger partial charge on any atom is 0.242 e. The molecule has 10 heteroatoms. The minimum Gasteiger partial charge on any atom is -0.488 e. The zero-order chi connectivity index (χ0) is 26.7. The van der Waals surface area contributed by atoms with Gasteiger partial charge in [0.15, 0.2) is 0 Å². The molecule has 37 heavy (non-hydrogen) atoms. The fourth-order valence-corrected chi connectivity index (χ4v) is 5.64. The topological polar surface area (TPSA) is 116 Å². The van der Waals surface area contributed by atoms with Crippen LogP contribution in [-0.2, 0) is 26.0 Å². The number of sulfonamides is 1. The highest BCUT2D eigenvalue weighted by molar-refractivity contribution is 7.89. The smallest absolute Gasteiger partial charge is 0.242 e. The molecule has 1 fully saturated rings. The van der Waals surface area contributed by atoms with Crippen LogP contribution in [0.2, 0.25) is 0 Å². The van der Waals surface area contributed by atoms with Gasteiger partial charge in [-0.05, 0) is 50.1 Å². The van der Waals surface area contributed by atoms with Gasteiger partial charge in [0.25, 0.3) is 0 Å². The van der Waals surface area contributed by atoms with Crippen LogP contribution in [-0.4, -0.2) is 73.4 Å². The third-order valence-electron chi connectivity index (χ3n) is 7.02. The standard InChI is InChI=1S/C27H35N3O6S/c1-18-15-30(19(2)17-31)26(32)14-21-13-22(28-27(33)20-9-10-20)11-12-24(21)36-25(18)16-29(3)37(34,35)23-7-5-4-6-8-23/h4-8,11-13,18-20,25,31H,9-10,14-17H2,1-3H3,(H,28,33)/t18-,19-,25-/m0/s1. The number of fused-ring (bicyclic) bond motifs is 1. The summed E-state index contributed by atoms with van der Waals surface area (Å²) in [4.78, 5) is 27.4. The molecule has 200 valence electrons. The molecule has 1 saturated carbocycles. The van der Waals surface area contributed by atoms with E-state index in [9.17, 15) is 23.1 Å². The van der Waals surface area contributed by atoms with E-state index in [0.29, 0.717) is 23.5 Å². The molecule has 1 heterocycles. The van der Waals surface area contributed by atoms with Gasteiger partial charge in [0.05, 0.1) is 30.5 Å². The van der Waals surface area contributed by atoms with E-state index in [-0.39, 0.29) is 48.1 Å². The van der Waals surface area contributed by atoms with Crippen molar-refractivity contribution >= 4 is 27.5 Å². The molecule has 4 rings (SSSR count). The Balaban J connectivity index is 1.65. The molecule has 0 radical (unpaired) electrons. The van der Waals surface area contributed by atoms with Gasteiger partial charge in [-0.1, -0.05) is 25.1 Å². The molecule has 0 saturated heterocycles. The van der Waals surface area contributed by atoms with Crippen LogP contribution in [0.5, 0.6) is 5.75 Å². The Bertz CT molecular complexity index is 1230. The maximum absolute atomic E-state index is 13.3. The van der Waals surface area contributed by atoms with Gasteiger partial charge in [0.2, 0.25) is 21.8 Å². The van der Waals surface area contributed by atoms with Gasteiger partial charge in [-0.25, -0.2) is 8.42 Å². The lowest BCUT2D eigenvalue weighted by molar-refractivity contribution is -0.134. The zero-order valence-corrected chi connectivity index (χ0v) is 22.3. The van der Waals surface area contributed by atoms with Gasteiger partial charge >= 0.3 is 0 Å². The normalized spacial score (nSPS) is 21.3. The number of amides is 2. The van der Waals surface area contributed by atoms with E-state index in [1.165, 1.54) is 11.4 Å². The summed E-state index contributed by atoms with van der Waals surface area (Å²) in [5.41, 5.74) is 1.18. The van der Waals surface area contributed by atoms with E-state index >= 15 is 0 Å². The van der Waals surface area contributed by atoms with E-state index in [1.54, 1.807) is 60.4 Å². The number of hydrogen-bond acceptors (Lipinski definition) is 6. The van der Waals surface area contributed by atoms with Crippen molar-refractivity contribution in [3.63, 3.8) is 0 Å². The van der Waals surface area contributed by atoms with Crippen LogP contribution in [0.1, 0.15) is 32.3 Å². The lowest BCUT2D eigenvalue weighted by Gasteiger charge is -2.33. The minimum absolute atomic E-state index is 0.0321. The van der Waals surface area contributed by atoms with Crippen LogP contribution in [0.4, 0.5) is 5.69 Å². The first-order valence-electron chi connectivity index (χ1n) is 12.6. The molecule has 2 aromatic carbocycles. The average molecular weight is 530 g/mol. The number of aliphatic hydroxyl groups excluding tert-OH is 1. The molecule has 2 aromatic rings. The van der Waals surface area contributed by atoms with Gasteiger partial charge in [-0.2, -0.15) is 4.31 Å². The van der Waals surface area contributed by atoms with Crippen LogP contribution in [0.15, 0.2) is 53.4 Å². The molecular weight excluding hydrogens is 494 g/mol. The summed E-state index contributed by atoms with van der Waals surface area (Å²) in [6.07, 6.45) is 1.22. The number of carbonyl (C=O) groups is 2. The highest BCUT2D eigenvalue weighted by Gasteiger charge is 2.34. The summed E-state index contributed by atoms with van der Waals surface area (Å²) in [5, 5.41) is 12.7. The highest BCUT2D eigenvalue weighted by Crippen LogP contribution is 2.32.